The number of carboxylic acids is 1. The van der Waals surface area contributed by atoms with Crippen molar-refractivity contribution < 1.29 is 9.90 Å². The van der Waals surface area contributed by atoms with Crippen molar-refractivity contribution in [3.8, 4) is 11.3 Å². The number of aryl methyl sites for hydroxylation is 1. The zero-order valence-electron chi connectivity index (χ0n) is 9.64. The van der Waals surface area contributed by atoms with E-state index in [2.05, 4.69) is 10.4 Å². The Labute approximate surface area is 98.7 Å². The largest absolute Gasteiger partial charge is 0.476 e. The second kappa shape index (κ2) is 4.29. The van der Waals surface area contributed by atoms with Crippen LogP contribution in [0.2, 0.25) is 0 Å². The number of aromatic carboxylic acids is 1. The van der Waals surface area contributed by atoms with Crippen LogP contribution in [-0.4, -0.2) is 27.9 Å². The van der Waals surface area contributed by atoms with Crippen LogP contribution in [0.15, 0.2) is 30.3 Å². The number of nitrogens with one attached hydrogen (secondary N) is 1. The van der Waals surface area contributed by atoms with Crippen molar-refractivity contribution in [3.63, 3.8) is 0 Å². The third-order valence-electron chi connectivity index (χ3n) is 2.57. The zero-order chi connectivity index (χ0) is 12.4. The van der Waals surface area contributed by atoms with Crippen molar-refractivity contribution in [2.24, 2.45) is 7.05 Å². The van der Waals surface area contributed by atoms with E-state index in [1.54, 1.807) is 17.8 Å². The maximum atomic E-state index is 10.8. The van der Waals surface area contributed by atoms with Crippen LogP contribution in [-0.2, 0) is 7.05 Å². The molecule has 0 saturated heterocycles. The molecule has 1 aromatic heterocycles. The number of carboxylic acid groups (broad SMARTS) is 1. The Hall–Kier alpha value is -2.30. The van der Waals surface area contributed by atoms with Crippen molar-refractivity contribution in [2.75, 3.05) is 12.4 Å². The van der Waals surface area contributed by atoms with Crippen LogP contribution in [0.5, 0.6) is 0 Å². The van der Waals surface area contributed by atoms with E-state index in [4.69, 9.17) is 5.11 Å². The lowest BCUT2D eigenvalue weighted by Crippen LogP contribution is -1.99. The van der Waals surface area contributed by atoms with Crippen LogP contribution in [0.3, 0.4) is 0 Å². The standard InChI is InChI=1S/C12H13N3O2/c1-13-9-5-3-8(4-6-9)11-7-10(12(16)17)14-15(11)2/h3-7,13H,1-2H3,(H,16,17). The molecule has 0 bridgehead atoms. The summed E-state index contributed by atoms with van der Waals surface area (Å²) in [7, 11) is 3.58. The first-order valence-electron chi connectivity index (χ1n) is 5.17. The molecule has 0 aliphatic carbocycles. The Balaban J connectivity index is 2.41. The van der Waals surface area contributed by atoms with E-state index < -0.39 is 5.97 Å². The molecule has 2 N–H and O–H groups in total. The number of nitrogens with zero attached hydrogens (tertiary/aromatic N) is 2. The molecule has 0 unspecified atom stereocenters. The van der Waals surface area contributed by atoms with Gasteiger partial charge in [0, 0.05) is 19.8 Å². The van der Waals surface area contributed by atoms with Gasteiger partial charge in [-0.15, -0.1) is 0 Å². The van der Waals surface area contributed by atoms with Gasteiger partial charge >= 0.3 is 5.97 Å². The molecule has 5 nitrogen and oxygen atoms in total. The van der Waals surface area contributed by atoms with E-state index in [-0.39, 0.29) is 5.69 Å². The monoisotopic (exact) mass is 231 g/mol. The third kappa shape index (κ3) is 2.13. The van der Waals surface area contributed by atoms with E-state index in [0.29, 0.717) is 0 Å². The minimum absolute atomic E-state index is 0.0557. The fourth-order valence-electron chi connectivity index (χ4n) is 1.65. The maximum absolute atomic E-state index is 10.8. The van der Waals surface area contributed by atoms with Crippen molar-refractivity contribution in [3.05, 3.63) is 36.0 Å². The molecule has 0 fully saturated rings. The second-order valence-electron chi connectivity index (χ2n) is 3.67. The van der Waals surface area contributed by atoms with Gasteiger partial charge in [-0.1, -0.05) is 12.1 Å². The van der Waals surface area contributed by atoms with E-state index in [0.717, 1.165) is 16.9 Å². The molecule has 1 aromatic carbocycles. The molecule has 0 spiro atoms. The molecule has 1 heterocycles. The highest BCUT2D eigenvalue weighted by molar-refractivity contribution is 5.87. The average Bonchev–Trinajstić information content (AvgIpc) is 2.72. The molecule has 0 aliphatic heterocycles. The summed E-state index contributed by atoms with van der Waals surface area (Å²) in [5, 5.41) is 15.8. The smallest absolute Gasteiger partial charge is 0.356 e. The molecule has 0 radical (unpaired) electrons. The van der Waals surface area contributed by atoms with Crippen LogP contribution in [0.4, 0.5) is 5.69 Å². The highest BCUT2D eigenvalue weighted by Gasteiger charge is 2.12. The quantitative estimate of drug-likeness (QED) is 0.845. The summed E-state index contributed by atoms with van der Waals surface area (Å²) in [6.07, 6.45) is 0. The Morgan fingerprint density at radius 3 is 2.47 bits per heavy atom. The third-order valence-corrected chi connectivity index (χ3v) is 2.57. The molecular formula is C12H13N3O2. The van der Waals surface area contributed by atoms with Crippen LogP contribution >= 0.6 is 0 Å². The van der Waals surface area contributed by atoms with Gasteiger partial charge in [0.2, 0.25) is 0 Å². The predicted molar refractivity (Wildman–Crippen MR) is 65.2 cm³/mol. The number of hydrogen-bond acceptors (Lipinski definition) is 3. The van der Waals surface area contributed by atoms with E-state index in [1.165, 1.54) is 0 Å². The minimum atomic E-state index is -1.02. The van der Waals surface area contributed by atoms with Gasteiger partial charge in [0.25, 0.3) is 0 Å². The van der Waals surface area contributed by atoms with Crippen LogP contribution < -0.4 is 5.32 Å². The molecule has 0 aliphatic rings. The lowest BCUT2D eigenvalue weighted by molar-refractivity contribution is 0.0689. The van der Waals surface area contributed by atoms with Gasteiger partial charge in [0.05, 0.1) is 5.69 Å². The molecule has 17 heavy (non-hydrogen) atoms. The van der Waals surface area contributed by atoms with Crippen LogP contribution in [0.1, 0.15) is 10.5 Å². The molecule has 2 aromatic rings. The number of hydrogen-bond donors (Lipinski definition) is 2. The summed E-state index contributed by atoms with van der Waals surface area (Å²) in [5.74, 6) is -1.02. The van der Waals surface area contributed by atoms with E-state index in [9.17, 15) is 4.79 Å². The van der Waals surface area contributed by atoms with Gasteiger partial charge in [0.15, 0.2) is 5.69 Å². The summed E-state index contributed by atoms with van der Waals surface area (Å²) in [6, 6.07) is 9.28. The normalized spacial score (nSPS) is 10.2. The lowest BCUT2D eigenvalue weighted by Gasteiger charge is -2.03. The zero-order valence-corrected chi connectivity index (χ0v) is 9.64. The van der Waals surface area contributed by atoms with Crippen molar-refractivity contribution in [1.29, 1.82) is 0 Å². The highest BCUT2D eigenvalue weighted by Crippen LogP contribution is 2.21. The van der Waals surface area contributed by atoms with Crippen LogP contribution in [0.25, 0.3) is 11.3 Å². The number of carbonyl (C=O) groups is 1. The van der Waals surface area contributed by atoms with Crippen molar-refractivity contribution in [1.82, 2.24) is 9.78 Å². The Morgan fingerprint density at radius 2 is 2.00 bits per heavy atom. The predicted octanol–water partition coefficient (Wildman–Crippen LogP) is 1.83. The van der Waals surface area contributed by atoms with Gasteiger partial charge in [-0.05, 0) is 23.8 Å². The topological polar surface area (TPSA) is 67.2 Å². The Bertz CT molecular complexity index is 543. The summed E-state index contributed by atoms with van der Waals surface area (Å²) < 4.78 is 1.57. The molecular weight excluding hydrogens is 218 g/mol. The Morgan fingerprint density at radius 1 is 1.35 bits per heavy atom. The highest BCUT2D eigenvalue weighted by atomic mass is 16.4. The first kappa shape index (κ1) is 11.2. The van der Waals surface area contributed by atoms with Gasteiger partial charge < -0.3 is 10.4 Å². The fraction of sp³-hybridized carbons (Fsp3) is 0.167. The SMILES string of the molecule is CNc1ccc(-c2cc(C(=O)O)nn2C)cc1. The number of benzene rings is 1. The molecule has 88 valence electrons. The molecule has 5 heteroatoms. The summed E-state index contributed by atoms with van der Waals surface area (Å²) >= 11 is 0. The summed E-state index contributed by atoms with van der Waals surface area (Å²) in [6.45, 7) is 0. The van der Waals surface area contributed by atoms with Crippen molar-refractivity contribution >= 4 is 11.7 Å². The number of rotatable bonds is 3. The van der Waals surface area contributed by atoms with E-state index in [1.807, 2.05) is 31.3 Å². The molecule has 0 amide bonds. The van der Waals surface area contributed by atoms with Gasteiger partial charge in [-0.25, -0.2) is 4.79 Å². The Kier molecular flexibility index (Phi) is 2.82. The van der Waals surface area contributed by atoms with Crippen molar-refractivity contribution in [2.45, 2.75) is 0 Å². The van der Waals surface area contributed by atoms with Crippen LogP contribution in [0, 0.1) is 0 Å². The summed E-state index contributed by atoms with van der Waals surface area (Å²) in [4.78, 5) is 10.8. The molecule has 2 rings (SSSR count). The van der Waals surface area contributed by atoms with Gasteiger partial charge in [-0.2, -0.15) is 5.10 Å². The first-order valence-corrected chi connectivity index (χ1v) is 5.17. The second-order valence-corrected chi connectivity index (χ2v) is 3.67. The number of aromatic nitrogens is 2. The fourth-order valence-corrected chi connectivity index (χ4v) is 1.65. The minimum Gasteiger partial charge on any atom is -0.476 e. The van der Waals surface area contributed by atoms with E-state index >= 15 is 0 Å². The van der Waals surface area contributed by atoms with Gasteiger partial charge in [0.1, 0.15) is 0 Å². The summed E-state index contributed by atoms with van der Waals surface area (Å²) in [5.41, 5.74) is 2.78. The molecule has 0 saturated carbocycles. The number of anilines is 1. The first-order chi connectivity index (χ1) is 8.11. The lowest BCUT2D eigenvalue weighted by atomic mass is 10.1. The van der Waals surface area contributed by atoms with Gasteiger partial charge in [-0.3, -0.25) is 4.68 Å². The average molecular weight is 231 g/mol. The molecule has 0 atom stereocenters. The maximum Gasteiger partial charge on any atom is 0.356 e.